The number of benzene rings is 2. The van der Waals surface area contributed by atoms with E-state index in [1.807, 2.05) is 0 Å². The molecule has 0 spiro atoms. The van der Waals surface area contributed by atoms with Crippen molar-refractivity contribution < 1.29 is 17.6 Å². The van der Waals surface area contributed by atoms with Crippen LogP contribution in [0.2, 0.25) is 10.0 Å². The van der Waals surface area contributed by atoms with Crippen molar-refractivity contribution in [1.29, 1.82) is 0 Å². The van der Waals surface area contributed by atoms with E-state index in [0.29, 0.717) is 16.1 Å². The third kappa shape index (κ3) is 3.29. The largest absolute Gasteiger partial charge is 0.439 e. The zero-order valence-corrected chi connectivity index (χ0v) is 14.2. The van der Waals surface area contributed by atoms with Gasteiger partial charge in [0, 0.05) is 5.56 Å². The molecule has 0 aromatic heterocycles. The van der Waals surface area contributed by atoms with Crippen molar-refractivity contribution in [3.63, 3.8) is 0 Å². The molecule has 25 heavy (non-hydrogen) atoms. The van der Waals surface area contributed by atoms with Crippen LogP contribution in [0.25, 0.3) is 11.1 Å². The molecular weight excluding hydrogens is 379 g/mol. The number of nitrogens with zero attached hydrogens (tertiary/aromatic N) is 2. The predicted molar refractivity (Wildman–Crippen MR) is 90.9 cm³/mol. The second-order valence-electron chi connectivity index (χ2n) is 5.51. The van der Waals surface area contributed by atoms with Crippen LogP contribution in [0.15, 0.2) is 47.7 Å². The fraction of sp³-hybridized carbons (Fsp3) is 0.118. The maximum absolute atomic E-state index is 14.6. The Kier molecular flexibility index (Phi) is 4.39. The molecule has 1 heterocycles. The van der Waals surface area contributed by atoms with Crippen LogP contribution in [0.5, 0.6) is 0 Å². The van der Waals surface area contributed by atoms with Crippen LogP contribution in [0.4, 0.5) is 23.2 Å². The minimum Gasteiger partial charge on any atom is -0.200 e. The van der Waals surface area contributed by atoms with Gasteiger partial charge in [-0.25, -0.2) is 4.39 Å². The normalized spacial score (nSPS) is 20.0. The highest BCUT2D eigenvalue weighted by Crippen LogP contribution is 2.41. The molecule has 0 aliphatic carbocycles. The third-order valence-electron chi connectivity index (χ3n) is 3.70. The molecule has 2 aromatic carbocycles. The predicted octanol–water partition coefficient (Wildman–Crippen LogP) is 5.99. The molecule has 1 aliphatic rings. The Bertz CT molecular complexity index is 906. The zero-order valence-electron chi connectivity index (χ0n) is 12.7. The van der Waals surface area contributed by atoms with Gasteiger partial charge in [0.1, 0.15) is 13.2 Å². The van der Waals surface area contributed by atoms with Gasteiger partial charge in [0.25, 0.3) is 0 Å². The lowest BCUT2D eigenvalue weighted by molar-refractivity contribution is -0.0584. The first kappa shape index (κ1) is 17.9. The average Bonchev–Trinajstić information content (AvgIpc) is 2.93. The minimum absolute atomic E-state index is 0.0485. The molecule has 1 unspecified atom stereocenters. The molecule has 0 fully saturated rings. The van der Waals surface area contributed by atoms with E-state index in [1.54, 1.807) is 12.1 Å². The number of allylic oxidation sites excluding steroid dienone is 1. The summed E-state index contributed by atoms with van der Waals surface area (Å²) in [5.41, 5.74) is -0.385. The van der Waals surface area contributed by atoms with Crippen LogP contribution in [0.3, 0.4) is 0 Å². The Hall–Kier alpha value is -1.89. The van der Waals surface area contributed by atoms with E-state index >= 15 is 0 Å². The Labute approximate surface area is 151 Å². The zero-order chi connectivity index (χ0) is 18.4. The molecule has 1 aliphatic heterocycles. The van der Waals surface area contributed by atoms with E-state index in [-0.39, 0.29) is 10.7 Å². The second kappa shape index (κ2) is 6.12. The maximum atomic E-state index is 14.6. The van der Waals surface area contributed by atoms with Gasteiger partial charge in [-0.3, -0.25) is 0 Å². The highest BCUT2D eigenvalue weighted by Gasteiger charge is 2.44. The number of rotatable bonds is 2. The lowest BCUT2D eigenvalue weighted by Gasteiger charge is -2.23. The molecule has 8 heteroatoms. The number of hydrogen-bond acceptors (Lipinski definition) is 1. The van der Waals surface area contributed by atoms with Crippen LogP contribution in [-0.2, 0) is 0 Å². The van der Waals surface area contributed by atoms with Gasteiger partial charge in [-0.05, 0) is 29.8 Å². The van der Waals surface area contributed by atoms with E-state index in [2.05, 4.69) is 11.2 Å². The summed E-state index contributed by atoms with van der Waals surface area (Å²) in [6.07, 6.45) is -1.54. The lowest BCUT2D eigenvalue weighted by atomic mass is 10.0. The summed E-state index contributed by atoms with van der Waals surface area (Å²) in [6, 6.07) is 8.86. The number of halogens is 6. The Morgan fingerprint density at radius 3 is 2.40 bits per heavy atom. The van der Waals surface area contributed by atoms with Gasteiger partial charge in [0.05, 0.1) is 16.1 Å². The van der Waals surface area contributed by atoms with Crippen molar-refractivity contribution >= 4 is 34.6 Å². The molecule has 0 saturated carbocycles. The highest BCUT2D eigenvalue weighted by molar-refractivity contribution is 6.42. The number of quaternary nitrogens is 1. The van der Waals surface area contributed by atoms with Crippen LogP contribution >= 0.6 is 23.2 Å². The van der Waals surface area contributed by atoms with Crippen LogP contribution < -0.4 is 4.59 Å². The standard InChI is InChI=1S/C17H10Cl2F4N2/c1-25(8-7-15(24-25)17(21,22)23)16-11(3-2-4-14(16)20)10-5-6-12(18)13(19)9-10/h2-6,8-9H,1H3/q+1. The molecule has 0 amide bonds. The molecule has 0 N–H and O–H groups in total. The molecule has 129 valence electrons. The van der Waals surface area contributed by atoms with Gasteiger partial charge in [0.15, 0.2) is 5.82 Å². The summed E-state index contributed by atoms with van der Waals surface area (Å²) >= 11 is 11.9. The first-order valence-corrected chi connectivity index (χ1v) is 7.76. The Morgan fingerprint density at radius 1 is 1.08 bits per heavy atom. The van der Waals surface area contributed by atoms with Crippen LogP contribution in [0, 0.1) is 11.9 Å². The van der Waals surface area contributed by atoms with Gasteiger partial charge in [-0.2, -0.15) is 13.2 Å². The SMILES string of the molecule is C[N+]1(c2c(F)cccc2-c2ccc(Cl)c(Cl)c2)C=[C]C(C(F)(F)F)=N1. The molecule has 3 rings (SSSR count). The van der Waals surface area contributed by atoms with Crippen molar-refractivity contribution in [2.24, 2.45) is 5.10 Å². The fourth-order valence-corrected chi connectivity index (χ4v) is 2.88. The molecule has 0 bridgehead atoms. The van der Waals surface area contributed by atoms with Crippen molar-refractivity contribution in [3.05, 3.63) is 64.5 Å². The first-order valence-electron chi connectivity index (χ1n) is 7.01. The van der Waals surface area contributed by atoms with Crippen LogP contribution in [-0.4, -0.2) is 18.9 Å². The molecule has 1 atom stereocenters. The summed E-state index contributed by atoms with van der Waals surface area (Å²) in [6.45, 7) is 0. The van der Waals surface area contributed by atoms with Crippen molar-refractivity contribution in [3.8, 4) is 11.1 Å². The Balaban J connectivity index is 2.20. The van der Waals surface area contributed by atoms with Gasteiger partial charge >= 0.3 is 6.18 Å². The quantitative estimate of drug-likeness (QED) is 0.442. The van der Waals surface area contributed by atoms with Gasteiger partial charge < -0.3 is 0 Å². The number of para-hydroxylation sites is 1. The van der Waals surface area contributed by atoms with E-state index < -0.39 is 22.3 Å². The molecular formula is C17H10Cl2F4N2+. The van der Waals surface area contributed by atoms with E-state index in [0.717, 1.165) is 12.3 Å². The molecule has 2 aromatic rings. The molecule has 2 nitrogen and oxygen atoms in total. The average molecular weight is 389 g/mol. The summed E-state index contributed by atoms with van der Waals surface area (Å²) < 4.78 is 52.5. The van der Waals surface area contributed by atoms with Crippen molar-refractivity contribution in [1.82, 2.24) is 4.59 Å². The topological polar surface area (TPSA) is 12.4 Å². The van der Waals surface area contributed by atoms with E-state index in [4.69, 9.17) is 23.2 Å². The minimum atomic E-state index is -4.67. The number of hydrogen-bond donors (Lipinski definition) is 0. The van der Waals surface area contributed by atoms with Gasteiger partial charge in [0.2, 0.25) is 11.4 Å². The van der Waals surface area contributed by atoms with Gasteiger partial charge in [-0.15, -0.1) is 4.59 Å². The third-order valence-corrected chi connectivity index (χ3v) is 4.44. The van der Waals surface area contributed by atoms with E-state index in [1.165, 1.54) is 25.2 Å². The summed E-state index contributed by atoms with van der Waals surface area (Å²) in [5, 5.41) is 4.18. The monoisotopic (exact) mass is 388 g/mol. The van der Waals surface area contributed by atoms with E-state index in [9.17, 15) is 17.6 Å². The van der Waals surface area contributed by atoms with Gasteiger partial charge in [-0.1, -0.05) is 40.4 Å². The first-order chi connectivity index (χ1) is 11.6. The number of alkyl halides is 3. The molecule has 0 saturated heterocycles. The Morgan fingerprint density at radius 2 is 1.80 bits per heavy atom. The molecule has 1 radical (unpaired) electrons. The lowest BCUT2D eigenvalue weighted by Crippen LogP contribution is -2.33. The highest BCUT2D eigenvalue weighted by atomic mass is 35.5. The van der Waals surface area contributed by atoms with Crippen molar-refractivity contribution in [2.45, 2.75) is 6.18 Å². The summed E-state index contributed by atoms with van der Waals surface area (Å²) in [4.78, 5) is 0. The summed E-state index contributed by atoms with van der Waals surface area (Å²) in [7, 11) is 1.34. The van der Waals surface area contributed by atoms with Crippen molar-refractivity contribution in [2.75, 3.05) is 7.05 Å². The smallest absolute Gasteiger partial charge is 0.200 e. The maximum Gasteiger partial charge on any atom is 0.439 e. The van der Waals surface area contributed by atoms with Crippen LogP contribution in [0.1, 0.15) is 0 Å². The summed E-state index contributed by atoms with van der Waals surface area (Å²) in [5.74, 6) is -0.698. The second-order valence-corrected chi connectivity index (χ2v) is 6.33. The fourth-order valence-electron chi connectivity index (χ4n) is 2.58.